The van der Waals surface area contributed by atoms with Gasteiger partial charge in [-0.2, -0.15) is 0 Å². The number of rotatable bonds is 22. The SMILES string of the molecule is C/C(F)=C/COCC(C)(C)C.C/C=C(\C)COCC(C)(C)C.C/C=C/COCC(C)(C)C.C=C(C)COCC(C)(C)C.C=CCOCC(C)(C)C.CC(C)(C)COC/C=C/F.CC/C=C/COCC(C)(C)C. The quantitative estimate of drug-likeness (QED) is 0.0791. The molecule has 0 bridgehead atoms. The lowest BCUT2D eigenvalue weighted by Crippen LogP contribution is -2.15. The summed E-state index contributed by atoms with van der Waals surface area (Å²) in [6, 6.07) is 0. The van der Waals surface area contributed by atoms with Crippen LogP contribution in [0.15, 0.2) is 85.1 Å². The summed E-state index contributed by atoms with van der Waals surface area (Å²) in [6.07, 6.45) is 16.5. The molecule has 0 aromatic heterocycles. The Morgan fingerprint density at radius 1 is 0.431 bits per heavy atom. The van der Waals surface area contributed by atoms with Crippen molar-refractivity contribution >= 4 is 0 Å². The average molecular weight is 1030 g/mol. The highest BCUT2D eigenvalue weighted by Crippen LogP contribution is 2.16. The highest BCUT2D eigenvalue weighted by atomic mass is 19.1. The van der Waals surface area contributed by atoms with Crippen LogP contribution in [0.4, 0.5) is 8.78 Å². The summed E-state index contributed by atoms with van der Waals surface area (Å²) in [5.74, 6) is -0.182. The lowest BCUT2D eigenvalue weighted by molar-refractivity contribution is 0.0867. The van der Waals surface area contributed by atoms with Gasteiger partial charge in [0.05, 0.1) is 105 Å². The number of ether oxygens (including phenoxy) is 7. The van der Waals surface area contributed by atoms with Crippen LogP contribution in [0, 0.1) is 37.9 Å². The van der Waals surface area contributed by atoms with Gasteiger partial charge >= 0.3 is 0 Å². The molecule has 0 aliphatic heterocycles. The van der Waals surface area contributed by atoms with Crippen LogP contribution in [0.2, 0.25) is 0 Å². The Hall–Kier alpha value is -2.24. The van der Waals surface area contributed by atoms with Crippen molar-refractivity contribution in [1.82, 2.24) is 0 Å². The summed E-state index contributed by atoms with van der Waals surface area (Å²) in [4.78, 5) is 0. The molecule has 0 fully saturated rings. The molecule has 0 rings (SSSR count). The Bertz CT molecular complexity index is 1310. The molecule has 0 spiro atoms. The molecular weight excluding hydrogens is 907 g/mol. The van der Waals surface area contributed by atoms with Gasteiger partial charge in [0.15, 0.2) is 0 Å². The van der Waals surface area contributed by atoms with Crippen molar-refractivity contribution in [2.45, 2.75) is 193 Å². The Morgan fingerprint density at radius 3 is 1.01 bits per heavy atom. The van der Waals surface area contributed by atoms with Gasteiger partial charge in [0, 0.05) is 0 Å². The minimum atomic E-state index is -0.182. The third-order valence-corrected chi connectivity index (χ3v) is 7.00. The first-order valence-electron chi connectivity index (χ1n) is 26.3. The molecule has 0 amide bonds. The molecule has 0 atom stereocenters. The van der Waals surface area contributed by atoms with E-state index in [2.05, 4.69) is 191 Å². The fraction of sp³-hybridized carbons (Fsp3) is 0.778. The molecule has 0 radical (unpaired) electrons. The molecule has 0 saturated carbocycles. The van der Waals surface area contributed by atoms with Crippen molar-refractivity contribution in [1.29, 1.82) is 0 Å². The van der Waals surface area contributed by atoms with Crippen molar-refractivity contribution in [3.05, 3.63) is 85.1 Å². The van der Waals surface area contributed by atoms with E-state index in [0.29, 0.717) is 56.8 Å². The maximum Gasteiger partial charge on any atom is 0.0951 e. The number of allylic oxidation sites excluding steroid dienone is 4. The fourth-order valence-electron chi connectivity index (χ4n) is 3.79. The molecule has 0 aliphatic carbocycles. The molecule has 0 aromatic carbocycles. The van der Waals surface area contributed by atoms with Gasteiger partial charge in [0.1, 0.15) is 0 Å². The molecule has 432 valence electrons. The topological polar surface area (TPSA) is 64.6 Å². The summed E-state index contributed by atoms with van der Waals surface area (Å²) < 4.78 is 60.6. The second-order valence-electron chi connectivity index (χ2n) is 26.5. The van der Waals surface area contributed by atoms with Gasteiger partial charge in [-0.15, -0.1) is 6.58 Å². The van der Waals surface area contributed by atoms with Crippen LogP contribution >= 0.6 is 0 Å². The van der Waals surface area contributed by atoms with E-state index in [9.17, 15) is 8.78 Å². The number of halogens is 2. The van der Waals surface area contributed by atoms with Crippen LogP contribution in [0.3, 0.4) is 0 Å². The van der Waals surface area contributed by atoms with E-state index in [1.54, 1.807) is 6.08 Å². The summed E-state index contributed by atoms with van der Waals surface area (Å²) >= 11 is 0. The van der Waals surface area contributed by atoms with E-state index in [1.165, 1.54) is 24.6 Å². The third kappa shape index (κ3) is 122. The lowest BCUT2D eigenvalue weighted by Gasteiger charge is -2.17. The van der Waals surface area contributed by atoms with Gasteiger partial charge in [-0.1, -0.05) is 207 Å². The van der Waals surface area contributed by atoms with E-state index in [4.69, 9.17) is 33.2 Å². The zero-order valence-corrected chi connectivity index (χ0v) is 52.8. The summed E-state index contributed by atoms with van der Waals surface area (Å²) in [5, 5.41) is 0. The van der Waals surface area contributed by atoms with Gasteiger partial charge in [-0.3, -0.25) is 0 Å². The highest BCUT2D eigenvalue weighted by molar-refractivity contribution is 4.95. The minimum absolute atomic E-state index is 0.165. The molecule has 0 aromatic rings. The monoisotopic (exact) mass is 1030 g/mol. The van der Waals surface area contributed by atoms with Crippen LogP contribution in [-0.4, -0.2) is 92.5 Å². The van der Waals surface area contributed by atoms with Gasteiger partial charge in [-0.25, -0.2) is 8.78 Å². The van der Waals surface area contributed by atoms with Crippen molar-refractivity contribution in [2.75, 3.05) is 92.5 Å². The van der Waals surface area contributed by atoms with Crippen LogP contribution < -0.4 is 0 Å². The predicted octanol–water partition coefficient (Wildman–Crippen LogP) is 19.0. The largest absolute Gasteiger partial charge is 0.377 e. The van der Waals surface area contributed by atoms with Crippen molar-refractivity contribution in [3.63, 3.8) is 0 Å². The third-order valence-electron chi connectivity index (χ3n) is 7.00. The molecule has 7 nitrogen and oxygen atoms in total. The van der Waals surface area contributed by atoms with E-state index in [0.717, 1.165) is 64.8 Å². The number of hydrogen-bond donors (Lipinski definition) is 0. The molecule has 0 unspecified atom stereocenters. The van der Waals surface area contributed by atoms with Crippen LogP contribution in [0.25, 0.3) is 0 Å². The van der Waals surface area contributed by atoms with Crippen molar-refractivity contribution in [2.24, 2.45) is 37.9 Å². The Balaban J connectivity index is -0.000000137. The molecule has 0 N–H and O–H groups in total. The standard InChI is InChI=1S/2C10H20O.C9H17FO.2C9H18O.C8H15FO.C8H16O/c1-6-9(2)7-11-8-10(3,4)5;1-5-6-7-8-11-9-10(2,3)4;1-8(10)5-6-11-7-9(2,3)4;1-8(2)6-10-7-9(3,4)5;1-5-6-7-10-8-9(2,3)4;1-8(2,3)7-10-6-4-5-9;1-5-6-9-7-8(2,3)4/h6H,7-8H2,1-5H3;6-7H,5,8-9H2,1-4H3;5H,6-7H2,1-4H3;1,6-7H2,2-5H3;5-6H,7-8H2,1-4H3;4-5H,6-7H2,1-3H3;5H,1,6-7H2,2-4H3/b9-6+;7-6+;8-5-;;6-5+;5-4+;. The first-order chi connectivity index (χ1) is 32.5. The smallest absolute Gasteiger partial charge is 0.0951 e. The van der Waals surface area contributed by atoms with Crippen LogP contribution in [0.1, 0.15) is 193 Å². The van der Waals surface area contributed by atoms with Crippen LogP contribution in [-0.2, 0) is 33.2 Å². The lowest BCUT2D eigenvalue weighted by atomic mass is 9.99. The first-order valence-corrected chi connectivity index (χ1v) is 26.3. The second kappa shape index (κ2) is 49.6. The Morgan fingerprint density at radius 2 is 0.736 bits per heavy atom. The Kier molecular flexibility index (Phi) is 57.7. The average Bonchev–Trinajstić information content (AvgIpc) is 3.18. The predicted molar refractivity (Wildman–Crippen MR) is 316 cm³/mol. The zero-order valence-electron chi connectivity index (χ0n) is 52.8. The summed E-state index contributed by atoms with van der Waals surface area (Å²) in [7, 11) is 0. The highest BCUT2D eigenvalue weighted by Gasteiger charge is 2.13. The first kappa shape index (κ1) is 83.7. The van der Waals surface area contributed by atoms with Gasteiger partial charge in [-0.05, 0) is 91.1 Å². The molecule has 9 heteroatoms. The second-order valence-corrected chi connectivity index (χ2v) is 26.5. The van der Waals surface area contributed by atoms with Gasteiger partial charge in [0.25, 0.3) is 0 Å². The van der Waals surface area contributed by atoms with Crippen molar-refractivity contribution in [3.8, 4) is 0 Å². The van der Waals surface area contributed by atoms with E-state index in [1.807, 2.05) is 32.9 Å². The van der Waals surface area contributed by atoms with Crippen molar-refractivity contribution < 1.29 is 41.9 Å². The van der Waals surface area contributed by atoms with Crippen LogP contribution in [0.5, 0.6) is 0 Å². The van der Waals surface area contributed by atoms with E-state index in [-0.39, 0.29) is 32.9 Å². The summed E-state index contributed by atoms with van der Waals surface area (Å²) in [5.41, 5.74) is 4.15. The zero-order chi connectivity index (χ0) is 58.2. The minimum Gasteiger partial charge on any atom is -0.377 e. The molecular formula is C63H124F2O7. The van der Waals surface area contributed by atoms with E-state index < -0.39 is 0 Å². The molecule has 0 heterocycles. The van der Waals surface area contributed by atoms with E-state index >= 15 is 0 Å². The maximum atomic E-state index is 12.1. The summed E-state index contributed by atoms with van der Waals surface area (Å²) in [6.45, 7) is 73.7. The maximum absolute atomic E-state index is 12.1. The Labute approximate surface area is 449 Å². The van der Waals surface area contributed by atoms with Gasteiger partial charge < -0.3 is 33.2 Å². The molecule has 72 heavy (non-hydrogen) atoms. The molecule has 0 aliphatic rings. The molecule has 0 saturated heterocycles. The van der Waals surface area contributed by atoms with Gasteiger partial charge in [0.2, 0.25) is 0 Å². The number of hydrogen-bond acceptors (Lipinski definition) is 7. The fourth-order valence-corrected chi connectivity index (χ4v) is 3.79. The normalized spacial score (nSPS) is 12.7.